The lowest BCUT2D eigenvalue weighted by molar-refractivity contribution is -0.384. The molecule has 0 spiro atoms. The van der Waals surface area contributed by atoms with Crippen LogP contribution in [0, 0.1) is 10.1 Å². The van der Waals surface area contributed by atoms with Crippen molar-refractivity contribution in [3.8, 4) is 5.75 Å². The minimum Gasteiger partial charge on any atom is -0.484 e. The first-order chi connectivity index (χ1) is 12.6. The van der Waals surface area contributed by atoms with Crippen molar-refractivity contribution in [2.24, 2.45) is 4.99 Å². The Morgan fingerprint density at radius 3 is 2.77 bits per heavy atom. The number of carbonyl (C=O) groups is 1. The SMILES string of the molecule is C=CCn1c(=NC(=O)COc2ccccc2)sc2ccc([N+](=O)[O-])cc21. The summed E-state index contributed by atoms with van der Waals surface area (Å²) >= 11 is 1.28. The van der Waals surface area contributed by atoms with E-state index in [2.05, 4.69) is 11.6 Å². The first kappa shape index (κ1) is 17.6. The lowest BCUT2D eigenvalue weighted by Crippen LogP contribution is -2.19. The molecule has 2 aromatic carbocycles. The number of nitro benzene ring substituents is 1. The number of para-hydroxylation sites is 1. The van der Waals surface area contributed by atoms with Crippen LogP contribution < -0.4 is 9.54 Å². The van der Waals surface area contributed by atoms with Gasteiger partial charge in [-0.15, -0.1) is 6.58 Å². The van der Waals surface area contributed by atoms with Crippen molar-refractivity contribution in [1.29, 1.82) is 0 Å². The number of benzene rings is 2. The summed E-state index contributed by atoms with van der Waals surface area (Å²) in [6.07, 6.45) is 1.65. The number of thiazole rings is 1. The summed E-state index contributed by atoms with van der Waals surface area (Å²) in [7, 11) is 0. The molecule has 0 atom stereocenters. The summed E-state index contributed by atoms with van der Waals surface area (Å²) in [5.41, 5.74) is 0.623. The lowest BCUT2D eigenvalue weighted by Gasteiger charge is -2.03. The number of ether oxygens (including phenoxy) is 1. The molecule has 26 heavy (non-hydrogen) atoms. The zero-order valence-electron chi connectivity index (χ0n) is 13.7. The zero-order valence-corrected chi connectivity index (χ0v) is 14.5. The highest BCUT2D eigenvalue weighted by molar-refractivity contribution is 7.16. The average molecular weight is 369 g/mol. The van der Waals surface area contributed by atoms with Gasteiger partial charge in [-0.3, -0.25) is 14.9 Å². The maximum atomic E-state index is 12.2. The van der Waals surface area contributed by atoms with E-state index in [4.69, 9.17) is 4.74 Å². The molecule has 3 rings (SSSR count). The molecule has 0 aliphatic carbocycles. The van der Waals surface area contributed by atoms with Crippen LogP contribution in [0.1, 0.15) is 0 Å². The Morgan fingerprint density at radius 1 is 1.31 bits per heavy atom. The first-order valence-corrected chi connectivity index (χ1v) is 8.54. The first-order valence-electron chi connectivity index (χ1n) is 7.72. The predicted molar refractivity (Wildman–Crippen MR) is 99.2 cm³/mol. The van der Waals surface area contributed by atoms with E-state index in [9.17, 15) is 14.9 Å². The molecule has 0 N–H and O–H groups in total. The molecule has 0 saturated heterocycles. The zero-order chi connectivity index (χ0) is 18.5. The Labute approximate surface area is 152 Å². The van der Waals surface area contributed by atoms with Crippen molar-refractivity contribution in [2.45, 2.75) is 6.54 Å². The van der Waals surface area contributed by atoms with Crippen molar-refractivity contribution < 1.29 is 14.5 Å². The van der Waals surface area contributed by atoms with E-state index in [0.717, 1.165) is 4.70 Å². The van der Waals surface area contributed by atoms with Crippen molar-refractivity contribution in [3.05, 3.63) is 76.1 Å². The Bertz CT molecular complexity index is 1040. The molecule has 1 aromatic heterocycles. The maximum absolute atomic E-state index is 12.2. The number of nitro groups is 1. The van der Waals surface area contributed by atoms with Gasteiger partial charge in [0.25, 0.3) is 11.6 Å². The van der Waals surface area contributed by atoms with E-state index < -0.39 is 10.8 Å². The molecule has 0 saturated carbocycles. The molecule has 0 unspecified atom stereocenters. The minimum atomic E-state index is -0.453. The molecule has 1 heterocycles. The minimum absolute atomic E-state index is 0.0154. The predicted octanol–water partition coefficient (Wildman–Crippen LogP) is 3.30. The third-order valence-corrected chi connectivity index (χ3v) is 4.57. The highest BCUT2D eigenvalue weighted by Crippen LogP contribution is 2.23. The number of amides is 1. The van der Waals surface area contributed by atoms with E-state index in [-0.39, 0.29) is 12.3 Å². The van der Waals surface area contributed by atoms with Crippen molar-refractivity contribution >= 4 is 33.1 Å². The lowest BCUT2D eigenvalue weighted by atomic mass is 10.3. The van der Waals surface area contributed by atoms with Gasteiger partial charge in [0, 0.05) is 18.7 Å². The molecule has 0 aliphatic heterocycles. The molecule has 8 heteroatoms. The van der Waals surface area contributed by atoms with Gasteiger partial charge in [0.1, 0.15) is 5.75 Å². The number of hydrogen-bond acceptors (Lipinski definition) is 5. The molecule has 0 aliphatic rings. The average Bonchev–Trinajstić information content (AvgIpc) is 2.97. The molecule has 7 nitrogen and oxygen atoms in total. The van der Waals surface area contributed by atoms with E-state index in [1.165, 1.54) is 23.5 Å². The second kappa shape index (κ2) is 7.75. The van der Waals surface area contributed by atoms with Crippen LogP contribution in [0.5, 0.6) is 5.75 Å². The highest BCUT2D eigenvalue weighted by Gasteiger charge is 2.12. The van der Waals surface area contributed by atoms with E-state index in [1.54, 1.807) is 28.8 Å². The second-order valence-electron chi connectivity index (χ2n) is 5.30. The highest BCUT2D eigenvalue weighted by atomic mass is 32.1. The molecule has 0 radical (unpaired) electrons. The normalized spacial score (nSPS) is 11.5. The number of carbonyl (C=O) groups excluding carboxylic acids is 1. The number of allylic oxidation sites excluding steroid dienone is 1. The summed E-state index contributed by atoms with van der Waals surface area (Å²) in [6.45, 7) is 3.89. The Kier molecular flexibility index (Phi) is 5.23. The van der Waals surface area contributed by atoms with Crippen molar-refractivity contribution in [2.75, 3.05) is 6.61 Å². The van der Waals surface area contributed by atoms with Gasteiger partial charge in [-0.25, -0.2) is 0 Å². The van der Waals surface area contributed by atoms with Crippen LogP contribution >= 0.6 is 11.3 Å². The number of aromatic nitrogens is 1. The molecular formula is C18H15N3O4S. The molecule has 132 valence electrons. The van der Waals surface area contributed by atoms with Crippen LogP contribution in [0.15, 0.2) is 66.2 Å². The molecule has 1 amide bonds. The van der Waals surface area contributed by atoms with E-state index in [0.29, 0.717) is 22.6 Å². The van der Waals surface area contributed by atoms with Crippen LogP contribution in [0.4, 0.5) is 5.69 Å². The second-order valence-corrected chi connectivity index (χ2v) is 6.31. The Balaban J connectivity index is 1.93. The largest absolute Gasteiger partial charge is 0.484 e. The number of fused-ring (bicyclic) bond motifs is 1. The molecular weight excluding hydrogens is 354 g/mol. The summed E-state index contributed by atoms with van der Waals surface area (Å²) in [5, 5.41) is 11.0. The van der Waals surface area contributed by atoms with Gasteiger partial charge in [0.2, 0.25) is 0 Å². The number of rotatable bonds is 6. The van der Waals surface area contributed by atoms with Crippen LogP contribution in [-0.2, 0) is 11.3 Å². The fourth-order valence-electron chi connectivity index (χ4n) is 2.36. The van der Waals surface area contributed by atoms with Gasteiger partial charge in [0.15, 0.2) is 11.4 Å². The molecule has 0 fully saturated rings. The van der Waals surface area contributed by atoms with Gasteiger partial charge >= 0.3 is 0 Å². The molecule has 0 bridgehead atoms. The van der Waals surface area contributed by atoms with Crippen molar-refractivity contribution in [3.63, 3.8) is 0 Å². The van der Waals surface area contributed by atoms with E-state index in [1.807, 2.05) is 18.2 Å². The van der Waals surface area contributed by atoms with Gasteiger partial charge in [-0.1, -0.05) is 35.6 Å². The quantitative estimate of drug-likeness (QED) is 0.379. The van der Waals surface area contributed by atoms with Gasteiger partial charge in [-0.05, 0) is 18.2 Å². The van der Waals surface area contributed by atoms with Crippen LogP contribution in [0.25, 0.3) is 10.2 Å². The topological polar surface area (TPSA) is 86.7 Å². The smallest absolute Gasteiger partial charge is 0.286 e. The summed E-state index contributed by atoms with van der Waals surface area (Å²) < 4.78 is 7.93. The van der Waals surface area contributed by atoms with Gasteiger partial charge < -0.3 is 9.30 Å². The Hall–Kier alpha value is -3.26. The summed E-state index contributed by atoms with van der Waals surface area (Å²) in [4.78, 5) is 27.3. The molecule has 3 aromatic rings. The monoisotopic (exact) mass is 369 g/mol. The third-order valence-electron chi connectivity index (χ3n) is 3.51. The number of nitrogens with zero attached hydrogens (tertiary/aromatic N) is 3. The third kappa shape index (κ3) is 3.86. The summed E-state index contributed by atoms with van der Waals surface area (Å²) in [5.74, 6) is 0.148. The fourth-order valence-corrected chi connectivity index (χ4v) is 3.40. The van der Waals surface area contributed by atoms with Crippen LogP contribution in [-0.4, -0.2) is 22.0 Å². The van der Waals surface area contributed by atoms with Gasteiger partial charge in [0.05, 0.1) is 15.1 Å². The maximum Gasteiger partial charge on any atom is 0.286 e. The standard InChI is InChI=1S/C18H15N3O4S/c1-2-10-20-15-11-13(21(23)24)8-9-16(15)26-18(20)19-17(22)12-25-14-6-4-3-5-7-14/h2-9,11H,1,10,12H2. The van der Waals surface area contributed by atoms with Crippen LogP contribution in [0.3, 0.4) is 0 Å². The van der Waals surface area contributed by atoms with Crippen molar-refractivity contribution in [1.82, 2.24) is 4.57 Å². The number of hydrogen-bond donors (Lipinski definition) is 0. The Morgan fingerprint density at radius 2 is 2.08 bits per heavy atom. The number of non-ortho nitro benzene ring substituents is 1. The summed E-state index contributed by atoms with van der Waals surface area (Å²) in [6, 6.07) is 13.5. The van der Waals surface area contributed by atoms with Gasteiger partial charge in [-0.2, -0.15) is 4.99 Å². The van der Waals surface area contributed by atoms with E-state index >= 15 is 0 Å². The van der Waals surface area contributed by atoms with Crippen LogP contribution in [0.2, 0.25) is 0 Å². The fraction of sp³-hybridized carbons (Fsp3) is 0.111.